The van der Waals surface area contributed by atoms with E-state index >= 15 is 0 Å². The molecule has 0 bridgehead atoms. The fraction of sp³-hybridized carbons (Fsp3) is 0.364. The second-order valence-corrected chi connectivity index (χ2v) is 5.50. The maximum Gasteiger partial charge on any atom is 0.350 e. The van der Waals surface area contributed by atoms with Gasteiger partial charge in [-0.05, 0) is 12.0 Å². The summed E-state index contributed by atoms with van der Waals surface area (Å²) in [6.07, 6.45) is -0.434. The molecule has 0 aliphatic rings. The molecule has 1 aromatic carbocycles. The van der Waals surface area contributed by atoms with Crippen LogP contribution < -0.4 is 4.72 Å². The van der Waals surface area contributed by atoms with E-state index < -0.39 is 27.8 Å². The van der Waals surface area contributed by atoms with Gasteiger partial charge >= 0.3 is 11.7 Å². The Bertz CT molecular complexity index is 519. The summed E-state index contributed by atoms with van der Waals surface area (Å²) in [6.45, 7) is 0. The third-order valence-corrected chi connectivity index (χ3v) is 3.47. The molecule has 0 radical (unpaired) electrons. The summed E-state index contributed by atoms with van der Waals surface area (Å²) in [5.41, 5.74) is 0.438. The van der Waals surface area contributed by atoms with E-state index in [4.69, 9.17) is 5.11 Å². The molecule has 1 aromatic rings. The lowest BCUT2D eigenvalue weighted by molar-refractivity contribution is -0.137. The molecule has 106 valence electrons. The van der Waals surface area contributed by atoms with E-state index in [9.17, 15) is 22.0 Å². The van der Waals surface area contributed by atoms with Crippen LogP contribution in [-0.4, -0.2) is 25.3 Å². The van der Waals surface area contributed by atoms with Gasteiger partial charge in [0.2, 0.25) is 0 Å². The van der Waals surface area contributed by atoms with E-state index in [0.717, 1.165) is 0 Å². The molecular weight excluding hydrogens is 280 g/mol. The number of hydrogen-bond acceptors (Lipinski definition) is 3. The van der Waals surface area contributed by atoms with Crippen molar-refractivity contribution >= 4 is 16.0 Å². The van der Waals surface area contributed by atoms with Crippen LogP contribution in [0.2, 0.25) is 0 Å². The van der Waals surface area contributed by atoms with E-state index in [1.54, 1.807) is 30.3 Å². The topological polar surface area (TPSA) is 83.5 Å². The van der Waals surface area contributed by atoms with Gasteiger partial charge in [-0.1, -0.05) is 30.3 Å². The minimum absolute atomic E-state index is 0.106. The molecule has 0 aromatic heterocycles. The van der Waals surface area contributed by atoms with Crippen molar-refractivity contribution in [1.29, 1.82) is 0 Å². The Kier molecular flexibility index (Phi) is 5.37. The molecule has 5 nitrogen and oxygen atoms in total. The van der Waals surface area contributed by atoms with Gasteiger partial charge in [-0.3, -0.25) is 4.79 Å². The van der Waals surface area contributed by atoms with Crippen LogP contribution in [0.3, 0.4) is 0 Å². The third kappa shape index (κ3) is 4.92. The first kappa shape index (κ1) is 15.5. The molecule has 0 aliphatic heterocycles. The molecule has 1 unspecified atom stereocenters. The molecule has 0 amide bonds. The van der Waals surface area contributed by atoms with Gasteiger partial charge in [0.25, 0.3) is 10.0 Å². The van der Waals surface area contributed by atoms with Gasteiger partial charge in [-0.15, -0.1) is 0 Å². The molecule has 19 heavy (non-hydrogen) atoms. The van der Waals surface area contributed by atoms with Crippen LogP contribution in [0.1, 0.15) is 24.4 Å². The second-order valence-electron chi connectivity index (χ2n) is 3.82. The number of rotatable bonds is 7. The largest absolute Gasteiger partial charge is 0.481 e. The number of benzene rings is 1. The first-order valence-electron chi connectivity index (χ1n) is 5.39. The molecule has 0 saturated heterocycles. The average molecular weight is 293 g/mol. The number of sulfonamides is 1. The summed E-state index contributed by atoms with van der Waals surface area (Å²) in [6, 6.07) is 7.00. The van der Waals surface area contributed by atoms with Crippen LogP contribution in [0.5, 0.6) is 0 Å². The van der Waals surface area contributed by atoms with Crippen molar-refractivity contribution in [3.05, 3.63) is 35.9 Å². The van der Waals surface area contributed by atoms with Crippen molar-refractivity contribution in [2.45, 2.75) is 24.6 Å². The quantitative estimate of drug-likeness (QED) is 0.802. The second kappa shape index (κ2) is 6.58. The molecule has 8 heteroatoms. The van der Waals surface area contributed by atoms with Gasteiger partial charge in [0.05, 0.1) is 0 Å². The Morgan fingerprint density at radius 3 is 2.32 bits per heavy atom. The first-order chi connectivity index (χ1) is 8.83. The van der Waals surface area contributed by atoms with Crippen molar-refractivity contribution in [3.8, 4) is 0 Å². The Hall–Kier alpha value is -1.54. The van der Waals surface area contributed by atoms with Gasteiger partial charge in [0.1, 0.15) is 0 Å². The van der Waals surface area contributed by atoms with Gasteiger partial charge in [-0.25, -0.2) is 13.1 Å². The number of alkyl halides is 2. The normalized spacial score (nSPS) is 13.4. The van der Waals surface area contributed by atoms with Crippen molar-refractivity contribution in [3.63, 3.8) is 0 Å². The molecule has 0 aliphatic carbocycles. The van der Waals surface area contributed by atoms with E-state index in [1.165, 1.54) is 0 Å². The van der Waals surface area contributed by atoms with Gasteiger partial charge in [-0.2, -0.15) is 8.78 Å². The standard InChI is InChI=1S/C11H13F2NO4S/c12-11(13)19(17,18)14-9(6-7-10(15)16)8-4-2-1-3-5-8/h1-5,9,11,14H,6-7H2,(H,15,16). The molecule has 1 rings (SSSR count). The van der Waals surface area contributed by atoms with E-state index in [0.29, 0.717) is 5.56 Å². The molecule has 0 fully saturated rings. The molecule has 0 heterocycles. The fourth-order valence-corrected chi connectivity index (χ4v) is 2.25. The molecule has 2 N–H and O–H groups in total. The minimum atomic E-state index is -4.77. The number of hydrogen-bond donors (Lipinski definition) is 2. The van der Waals surface area contributed by atoms with E-state index in [2.05, 4.69) is 0 Å². The smallest absolute Gasteiger partial charge is 0.350 e. The van der Waals surface area contributed by atoms with Gasteiger partial charge in [0, 0.05) is 12.5 Å². The SMILES string of the molecule is O=C(O)CCC(NS(=O)(=O)C(F)F)c1ccccc1. The first-order valence-corrected chi connectivity index (χ1v) is 6.93. The molecule has 0 spiro atoms. The molecule has 1 atom stereocenters. The Balaban J connectivity index is 2.91. The predicted octanol–water partition coefficient (Wildman–Crippen LogP) is 1.73. The number of carboxylic acid groups (broad SMARTS) is 1. The molecular formula is C11H13F2NO4S. The van der Waals surface area contributed by atoms with Crippen LogP contribution in [0.25, 0.3) is 0 Å². The summed E-state index contributed by atoms with van der Waals surface area (Å²) >= 11 is 0. The van der Waals surface area contributed by atoms with Crippen LogP contribution in [-0.2, 0) is 14.8 Å². The number of nitrogens with one attached hydrogen (secondary N) is 1. The Morgan fingerprint density at radius 2 is 1.84 bits per heavy atom. The Morgan fingerprint density at radius 1 is 1.26 bits per heavy atom. The summed E-state index contributed by atoms with van der Waals surface area (Å²) in [7, 11) is -4.77. The monoisotopic (exact) mass is 293 g/mol. The number of carbonyl (C=O) groups is 1. The van der Waals surface area contributed by atoms with Crippen molar-refractivity contribution in [2.24, 2.45) is 0 Å². The van der Waals surface area contributed by atoms with Crippen LogP contribution in [0.4, 0.5) is 8.78 Å². The fourth-order valence-electron chi connectivity index (χ4n) is 1.50. The summed E-state index contributed by atoms with van der Waals surface area (Å²) in [4.78, 5) is 10.5. The zero-order valence-electron chi connectivity index (χ0n) is 9.79. The maximum absolute atomic E-state index is 12.3. The Labute approximate surface area is 109 Å². The van der Waals surface area contributed by atoms with Crippen molar-refractivity contribution < 1.29 is 27.1 Å². The van der Waals surface area contributed by atoms with E-state index in [-0.39, 0.29) is 12.8 Å². The highest BCUT2D eigenvalue weighted by Gasteiger charge is 2.28. The number of aliphatic carboxylic acids is 1. The highest BCUT2D eigenvalue weighted by molar-refractivity contribution is 7.89. The van der Waals surface area contributed by atoms with Crippen LogP contribution >= 0.6 is 0 Å². The summed E-state index contributed by atoms with van der Waals surface area (Å²) < 4.78 is 48.8. The summed E-state index contributed by atoms with van der Waals surface area (Å²) in [5, 5.41) is 8.59. The maximum atomic E-state index is 12.3. The van der Waals surface area contributed by atoms with Crippen LogP contribution in [0.15, 0.2) is 30.3 Å². The van der Waals surface area contributed by atoms with Crippen LogP contribution in [0, 0.1) is 0 Å². The summed E-state index contributed by atoms with van der Waals surface area (Å²) in [5.74, 6) is -4.68. The minimum Gasteiger partial charge on any atom is -0.481 e. The lowest BCUT2D eigenvalue weighted by atomic mass is 10.0. The van der Waals surface area contributed by atoms with Gasteiger partial charge in [0.15, 0.2) is 0 Å². The zero-order valence-corrected chi connectivity index (χ0v) is 10.6. The highest BCUT2D eigenvalue weighted by atomic mass is 32.2. The zero-order chi connectivity index (χ0) is 14.5. The number of carboxylic acids is 1. The predicted molar refractivity (Wildman–Crippen MR) is 64.1 cm³/mol. The highest BCUT2D eigenvalue weighted by Crippen LogP contribution is 2.20. The number of halogens is 2. The van der Waals surface area contributed by atoms with E-state index in [1.807, 2.05) is 4.72 Å². The average Bonchev–Trinajstić information content (AvgIpc) is 2.35. The molecule has 0 saturated carbocycles. The van der Waals surface area contributed by atoms with Crippen molar-refractivity contribution in [2.75, 3.05) is 0 Å². The lowest BCUT2D eigenvalue weighted by Gasteiger charge is -2.18. The van der Waals surface area contributed by atoms with Gasteiger partial charge < -0.3 is 5.11 Å². The third-order valence-electron chi connectivity index (χ3n) is 2.39. The van der Waals surface area contributed by atoms with Crippen molar-refractivity contribution in [1.82, 2.24) is 4.72 Å². The lowest BCUT2D eigenvalue weighted by Crippen LogP contribution is -2.33.